The molecule has 1 saturated heterocycles. The number of anilines is 2. The summed E-state index contributed by atoms with van der Waals surface area (Å²) in [5, 5.41) is 6.96. The zero-order valence-corrected chi connectivity index (χ0v) is 17.8. The molecule has 6 heteroatoms. The summed E-state index contributed by atoms with van der Waals surface area (Å²) in [6.07, 6.45) is 1.42. The summed E-state index contributed by atoms with van der Waals surface area (Å²) in [4.78, 5) is 26.8. The average molecular weight is 434 g/mol. The van der Waals surface area contributed by atoms with Crippen molar-refractivity contribution in [3.05, 3.63) is 95.0 Å². The highest BCUT2D eigenvalue weighted by atomic mass is 35.5. The zero-order valence-electron chi connectivity index (χ0n) is 17.1. The van der Waals surface area contributed by atoms with Gasteiger partial charge in [0, 0.05) is 18.0 Å². The Hall–Kier alpha value is -3.31. The van der Waals surface area contributed by atoms with E-state index in [0.29, 0.717) is 18.0 Å². The molecule has 1 atom stereocenters. The van der Waals surface area contributed by atoms with Gasteiger partial charge in [-0.15, -0.1) is 0 Å². The molecule has 2 N–H and O–H groups in total. The van der Waals surface area contributed by atoms with E-state index in [0.717, 1.165) is 28.9 Å². The van der Waals surface area contributed by atoms with Crippen LogP contribution in [-0.4, -0.2) is 24.9 Å². The number of benzene rings is 3. The van der Waals surface area contributed by atoms with E-state index >= 15 is 0 Å². The van der Waals surface area contributed by atoms with Crippen LogP contribution in [0.25, 0.3) is 0 Å². The Balaban J connectivity index is 1.48. The standard InChI is InChI=1S/C25H24ClN3O2/c26-20-14-12-19(13-15-20)25(18-7-2-1-3-8-18)28-23(30)17-27-21-9-4-5-10-22(21)29-16-6-11-24(29)31/h1-5,7-10,12-15,25,27H,6,11,16-17H2,(H,28,30). The largest absolute Gasteiger partial charge is 0.374 e. The quantitative estimate of drug-likeness (QED) is 0.563. The second-order valence-electron chi connectivity index (χ2n) is 7.48. The minimum absolute atomic E-state index is 0.0932. The molecule has 3 aromatic carbocycles. The lowest BCUT2D eigenvalue weighted by molar-refractivity contribution is -0.120. The number of carbonyl (C=O) groups is 2. The Bertz CT molecular complexity index is 1050. The molecule has 1 unspecified atom stereocenters. The van der Waals surface area contributed by atoms with Crippen LogP contribution in [0.1, 0.15) is 30.0 Å². The summed E-state index contributed by atoms with van der Waals surface area (Å²) >= 11 is 6.04. The number of hydrogen-bond acceptors (Lipinski definition) is 3. The van der Waals surface area contributed by atoms with Crippen molar-refractivity contribution in [2.75, 3.05) is 23.3 Å². The number of hydrogen-bond donors (Lipinski definition) is 2. The molecule has 1 aliphatic rings. The molecule has 2 amide bonds. The second kappa shape index (κ2) is 9.67. The highest BCUT2D eigenvalue weighted by Crippen LogP contribution is 2.29. The van der Waals surface area contributed by atoms with Gasteiger partial charge in [-0.3, -0.25) is 9.59 Å². The first-order valence-corrected chi connectivity index (χ1v) is 10.7. The van der Waals surface area contributed by atoms with Crippen LogP contribution in [0, 0.1) is 0 Å². The fraction of sp³-hybridized carbons (Fsp3) is 0.200. The van der Waals surface area contributed by atoms with Crippen molar-refractivity contribution < 1.29 is 9.59 Å². The SMILES string of the molecule is O=C(CNc1ccccc1N1CCCC1=O)NC(c1ccccc1)c1ccc(Cl)cc1. The van der Waals surface area contributed by atoms with Crippen LogP contribution in [0.2, 0.25) is 5.02 Å². The summed E-state index contributed by atoms with van der Waals surface area (Å²) in [6.45, 7) is 0.798. The highest BCUT2D eigenvalue weighted by Gasteiger charge is 2.24. The van der Waals surface area contributed by atoms with Crippen LogP contribution >= 0.6 is 11.6 Å². The summed E-state index contributed by atoms with van der Waals surface area (Å²) < 4.78 is 0. The van der Waals surface area contributed by atoms with Gasteiger partial charge in [-0.2, -0.15) is 0 Å². The van der Waals surface area contributed by atoms with Crippen molar-refractivity contribution in [1.82, 2.24) is 5.32 Å². The third-order valence-corrected chi connectivity index (χ3v) is 5.60. The van der Waals surface area contributed by atoms with Crippen LogP contribution in [-0.2, 0) is 9.59 Å². The molecular weight excluding hydrogens is 410 g/mol. The molecule has 1 heterocycles. The normalized spacial score (nSPS) is 14.4. The molecular formula is C25H24ClN3O2. The molecule has 0 radical (unpaired) electrons. The first-order chi connectivity index (χ1) is 15.1. The van der Waals surface area contributed by atoms with Crippen LogP contribution < -0.4 is 15.5 Å². The van der Waals surface area contributed by atoms with Crippen LogP contribution in [0.3, 0.4) is 0 Å². The van der Waals surface area contributed by atoms with Crippen LogP contribution in [0.5, 0.6) is 0 Å². The Morgan fingerprint density at radius 3 is 2.32 bits per heavy atom. The number of nitrogens with one attached hydrogen (secondary N) is 2. The summed E-state index contributed by atoms with van der Waals surface area (Å²) in [5.74, 6) is -0.0306. The fourth-order valence-corrected chi connectivity index (χ4v) is 3.93. The molecule has 3 aromatic rings. The summed E-state index contributed by atoms with van der Waals surface area (Å²) in [6, 6.07) is 24.6. The van der Waals surface area contributed by atoms with Crippen LogP contribution in [0.4, 0.5) is 11.4 Å². The summed E-state index contributed by atoms with van der Waals surface area (Å²) in [7, 11) is 0. The number of nitrogens with zero attached hydrogens (tertiary/aromatic N) is 1. The number of para-hydroxylation sites is 2. The van der Waals surface area contributed by atoms with Crippen molar-refractivity contribution in [3.63, 3.8) is 0 Å². The van der Waals surface area contributed by atoms with Crippen molar-refractivity contribution >= 4 is 34.8 Å². The van der Waals surface area contributed by atoms with Crippen molar-refractivity contribution in [1.29, 1.82) is 0 Å². The first-order valence-electron chi connectivity index (χ1n) is 10.3. The topological polar surface area (TPSA) is 61.4 Å². The molecule has 1 aliphatic heterocycles. The van der Waals surface area contributed by atoms with E-state index in [1.807, 2.05) is 78.9 Å². The van der Waals surface area contributed by atoms with Crippen molar-refractivity contribution in [3.8, 4) is 0 Å². The molecule has 0 aromatic heterocycles. The van der Waals surface area contributed by atoms with E-state index in [9.17, 15) is 9.59 Å². The number of rotatable bonds is 7. The Morgan fingerprint density at radius 1 is 0.935 bits per heavy atom. The third-order valence-electron chi connectivity index (χ3n) is 5.35. The number of amides is 2. The van der Waals surface area contributed by atoms with Crippen LogP contribution in [0.15, 0.2) is 78.9 Å². The number of halogens is 1. The predicted molar refractivity (Wildman–Crippen MR) is 124 cm³/mol. The first kappa shape index (κ1) is 20.9. The van der Waals surface area contributed by atoms with Crippen molar-refractivity contribution in [2.45, 2.75) is 18.9 Å². The Morgan fingerprint density at radius 2 is 1.61 bits per heavy atom. The molecule has 0 aliphatic carbocycles. The Labute approximate surface area is 187 Å². The Kier molecular flexibility index (Phi) is 6.53. The highest BCUT2D eigenvalue weighted by molar-refractivity contribution is 6.30. The number of carbonyl (C=O) groups excluding carboxylic acids is 2. The van der Waals surface area contributed by atoms with Gasteiger partial charge in [0.2, 0.25) is 11.8 Å². The van der Waals surface area contributed by atoms with E-state index in [4.69, 9.17) is 11.6 Å². The van der Waals surface area contributed by atoms with Gasteiger partial charge in [0.25, 0.3) is 0 Å². The second-order valence-corrected chi connectivity index (χ2v) is 7.92. The minimum atomic E-state index is -0.289. The zero-order chi connectivity index (χ0) is 21.6. The van der Waals surface area contributed by atoms with Gasteiger partial charge in [0.15, 0.2) is 0 Å². The van der Waals surface area contributed by atoms with E-state index in [-0.39, 0.29) is 24.4 Å². The average Bonchev–Trinajstić information content (AvgIpc) is 3.23. The van der Waals surface area contributed by atoms with Gasteiger partial charge in [-0.1, -0.05) is 66.2 Å². The lowest BCUT2D eigenvalue weighted by Crippen LogP contribution is -2.34. The van der Waals surface area contributed by atoms with E-state index in [2.05, 4.69) is 10.6 Å². The van der Waals surface area contributed by atoms with Gasteiger partial charge >= 0.3 is 0 Å². The van der Waals surface area contributed by atoms with Gasteiger partial charge in [0.05, 0.1) is 24.0 Å². The van der Waals surface area contributed by atoms with Gasteiger partial charge in [0.1, 0.15) is 0 Å². The fourth-order valence-electron chi connectivity index (χ4n) is 3.81. The van der Waals surface area contributed by atoms with Gasteiger partial charge in [-0.25, -0.2) is 0 Å². The van der Waals surface area contributed by atoms with E-state index in [1.165, 1.54) is 0 Å². The maximum Gasteiger partial charge on any atom is 0.240 e. The van der Waals surface area contributed by atoms with Gasteiger partial charge < -0.3 is 15.5 Å². The minimum Gasteiger partial charge on any atom is -0.374 e. The molecule has 31 heavy (non-hydrogen) atoms. The molecule has 4 rings (SSSR count). The molecule has 1 fully saturated rings. The van der Waals surface area contributed by atoms with Gasteiger partial charge in [-0.05, 0) is 41.8 Å². The van der Waals surface area contributed by atoms with Crippen molar-refractivity contribution in [2.24, 2.45) is 0 Å². The van der Waals surface area contributed by atoms with E-state index in [1.54, 1.807) is 4.90 Å². The molecule has 0 bridgehead atoms. The van der Waals surface area contributed by atoms with E-state index < -0.39 is 0 Å². The molecule has 0 saturated carbocycles. The lowest BCUT2D eigenvalue weighted by atomic mass is 9.98. The maximum atomic E-state index is 12.9. The maximum absolute atomic E-state index is 12.9. The molecule has 5 nitrogen and oxygen atoms in total. The lowest BCUT2D eigenvalue weighted by Gasteiger charge is -2.22. The summed E-state index contributed by atoms with van der Waals surface area (Å²) in [5.41, 5.74) is 3.53. The third kappa shape index (κ3) is 5.06. The predicted octanol–water partition coefficient (Wildman–Crippen LogP) is 4.78. The molecule has 0 spiro atoms. The smallest absolute Gasteiger partial charge is 0.240 e. The molecule has 158 valence electrons. The monoisotopic (exact) mass is 433 g/mol.